The van der Waals surface area contributed by atoms with Crippen LogP contribution < -0.4 is 5.43 Å². The molecule has 0 amide bonds. The molecule has 0 aromatic heterocycles. The molecular formula is C11H14Cl2N2O. The van der Waals surface area contributed by atoms with Gasteiger partial charge < -0.3 is 4.74 Å². The van der Waals surface area contributed by atoms with Crippen LogP contribution in [0.25, 0.3) is 0 Å². The van der Waals surface area contributed by atoms with Crippen LogP contribution in [0.5, 0.6) is 0 Å². The van der Waals surface area contributed by atoms with E-state index in [-0.39, 0.29) is 0 Å². The van der Waals surface area contributed by atoms with Crippen molar-refractivity contribution in [2.75, 3.05) is 26.3 Å². The van der Waals surface area contributed by atoms with Crippen LogP contribution in [-0.4, -0.2) is 31.3 Å². The van der Waals surface area contributed by atoms with Crippen LogP contribution >= 0.6 is 23.2 Å². The highest BCUT2D eigenvalue weighted by molar-refractivity contribution is 6.34. The average Bonchev–Trinajstić information content (AvgIpc) is 2.27. The zero-order chi connectivity index (χ0) is 11.4. The van der Waals surface area contributed by atoms with Crippen molar-refractivity contribution in [1.82, 2.24) is 10.4 Å². The zero-order valence-corrected chi connectivity index (χ0v) is 10.4. The van der Waals surface area contributed by atoms with Gasteiger partial charge in [-0.05, 0) is 23.8 Å². The molecule has 2 rings (SSSR count). The first kappa shape index (κ1) is 12.1. The van der Waals surface area contributed by atoms with Crippen molar-refractivity contribution in [2.45, 2.75) is 6.54 Å². The number of nitrogens with zero attached hydrogens (tertiary/aromatic N) is 1. The molecule has 0 unspecified atom stereocenters. The Labute approximate surface area is 105 Å². The normalized spacial score (nSPS) is 17.6. The molecule has 0 spiro atoms. The summed E-state index contributed by atoms with van der Waals surface area (Å²) in [6.07, 6.45) is 0. The lowest BCUT2D eigenvalue weighted by atomic mass is 10.2. The Kier molecular flexibility index (Phi) is 4.44. The molecule has 1 aliphatic heterocycles. The van der Waals surface area contributed by atoms with Crippen LogP contribution in [0.4, 0.5) is 0 Å². The van der Waals surface area contributed by atoms with Gasteiger partial charge in [0.25, 0.3) is 0 Å². The standard InChI is InChI=1S/C11H14Cl2N2O/c12-10-5-9(6-11(13)7-10)8-14-15-1-3-16-4-2-15/h5-7,14H,1-4,8H2. The Bertz CT molecular complexity index is 334. The minimum absolute atomic E-state index is 0.672. The van der Waals surface area contributed by atoms with Crippen LogP contribution in [0.3, 0.4) is 0 Å². The first-order chi connectivity index (χ1) is 7.74. The SMILES string of the molecule is Clc1cc(Cl)cc(CNN2CCOCC2)c1. The summed E-state index contributed by atoms with van der Waals surface area (Å²) in [6.45, 7) is 4.12. The fraction of sp³-hybridized carbons (Fsp3) is 0.455. The van der Waals surface area contributed by atoms with E-state index in [0.717, 1.165) is 38.4 Å². The van der Waals surface area contributed by atoms with Crippen molar-refractivity contribution in [1.29, 1.82) is 0 Å². The molecule has 1 fully saturated rings. The Balaban J connectivity index is 1.88. The first-order valence-electron chi connectivity index (χ1n) is 5.25. The lowest BCUT2D eigenvalue weighted by Crippen LogP contribution is -2.45. The number of rotatable bonds is 3. The topological polar surface area (TPSA) is 24.5 Å². The predicted octanol–water partition coefficient (Wildman–Crippen LogP) is 2.33. The summed E-state index contributed by atoms with van der Waals surface area (Å²) in [7, 11) is 0. The van der Waals surface area contributed by atoms with Crippen molar-refractivity contribution in [3.05, 3.63) is 33.8 Å². The highest BCUT2D eigenvalue weighted by Crippen LogP contribution is 2.18. The van der Waals surface area contributed by atoms with Crippen LogP contribution in [0.1, 0.15) is 5.56 Å². The molecule has 1 aromatic carbocycles. The Morgan fingerprint density at radius 3 is 2.38 bits per heavy atom. The van der Waals surface area contributed by atoms with Gasteiger partial charge in [0.15, 0.2) is 0 Å². The van der Waals surface area contributed by atoms with Gasteiger partial charge >= 0.3 is 0 Å². The fourth-order valence-corrected chi connectivity index (χ4v) is 2.21. The monoisotopic (exact) mass is 260 g/mol. The van der Waals surface area contributed by atoms with Gasteiger partial charge in [0, 0.05) is 29.7 Å². The smallest absolute Gasteiger partial charge is 0.0608 e. The highest BCUT2D eigenvalue weighted by Gasteiger charge is 2.09. The molecule has 0 saturated carbocycles. The average molecular weight is 261 g/mol. The molecule has 3 nitrogen and oxygen atoms in total. The van der Waals surface area contributed by atoms with Gasteiger partial charge in [-0.25, -0.2) is 5.01 Å². The van der Waals surface area contributed by atoms with Gasteiger partial charge in [-0.15, -0.1) is 0 Å². The third kappa shape index (κ3) is 3.61. The molecule has 88 valence electrons. The summed E-state index contributed by atoms with van der Waals surface area (Å²) in [5.41, 5.74) is 4.42. The number of ether oxygens (including phenoxy) is 1. The molecule has 1 saturated heterocycles. The molecule has 1 aliphatic rings. The van der Waals surface area contributed by atoms with Crippen LogP contribution in [0.2, 0.25) is 10.0 Å². The number of hydrazine groups is 1. The quantitative estimate of drug-likeness (QED) is 0.903. The van der Waals surface area contributed by atoms with Crippen molar-refractivity contribution in [3.8, 4) is 0 Å². The van der Waals surface area contributed by atoms with E-state index in [4.69, 9.17) is 27.9 Å². The number of nitrogens with one attached hydrogen (secondary N) is 1. The lowest BCUT2D eigenvalue weighted by Gasteiger charge is -2.27. The van der Waals surface area contributed by atoms with Crippen molar-refractivity contribution in [3.63, 3.8) is 0 Å². The molecule has 0 atom stereocenters. The molecule has 5 heteroatoms. The van der Waals surface area contributed by atoms with Gasteiger partial charge in [0.2, 0.25) is 0 Å². The molecular weight excluding hydrogens is 247 g/mol. The second-order valence-corrected chi connectivity index (χ2v) is 4.58. The summed E-state index contributed by atoms with van der Waals surface area (Å²) in [5, 5.41) is 3.50. The summed E-state index contributed by atoms with van der Waals surface area (Å²) in [4.78, 5) is 0. The van der Waals surface area contributed by atoms with Crippen LogP contribution in [0, 0.1) is 0 Å². The van der Waals surface area contributed by atoms with E-state index >= 15 is 0 Å². The molecule has 16 heavy (non-hydrogen) atoms. The molecule has 0 radical (unpaired) electrons. The minimum atomic E-state index is 0.672. The van der Waals surface area contributed by atoms with Gasteiger partial charge in [-0.1, -0.05) is 23.2 Å². The maximum absolute atomic E-state index is 5.93. The van der Waals surface area contributed by atoms with E-state index in [1.54, 1.807) is 6.07 Å². The highest BCUT2D eigenvalue weighted by atomic mass is 35.5. The van der Waals surface area contributed by atoms with Crippen molar-refractivity contribution < 1.29 is 4.74 Å². The van der Waals surface area contributed by atoms with E-state index in [9.17, 15) is 0 Å². The predicted molar refractivity (Wildman–Crippen MR) is 65.7 cm³/mol. The zero-order valence-electron chi connectivity index (χ0n) is 8.88. The third-order valence-electron chi connectivity index (χ3n) is 2.44. The van der Waals surface area contributed by atoms with E-state index < -0.39 is 0 Å². The van der Waals surface area contributed by atoms with E-state index in [1.165, 1.54) is 0 Å². The van der Waals surface area contributed by atoms with E-state index in [0.29, 0.717) is 10.0 Å². The maximum Gasteiger partial charge on any atom is 0.0608 e. The Morgan fingerprint density at radius 2 is 1.75 bits per heavy atom. The number of morpholine rings is 1. The summed E-state index contributed by atoms with van der Waals surface area (Å²) >= 11 is 11.9. The molecule has 1 heterocycles. The van der Waals surface area contributed by atoms with Gasteiger partial charge in [0.05, 0.1) is 13.2 Å². The number of halogens is 2. The van der Waals surface area contributed by atoms with Crippen LogP contribution in [0.15, 0.2) is 18.2 Å². The minimum Gasteiger partial charge on any atom is -0.379 e. The van der Waals surface area contributed by atoms with E-state index in [2.05, 4.69) is 10.4 Å². The third-order valence-corrected chi connectivity index (χ3v) is 2.88. The summed E-state index contributed by atoms with van der Waals surface area (Å²) in [6, 6.07) is 5.57. The molecule has 0 aliphatic carbocycles. The number of hydrogen-bond donors (Lipinski definition) is 1. The van der Waals surface area contributed by atoms with Crippen molar-refractivity contribution in [2.24, 2.45) is 0 Å². The second-order valence-electron chi connectivity index (χ2n) is 3.71. The molecule has 0 bridgehead atoms. The van der Waals surface area contributed by atoms with Gasteiger partial charge in [-0.2, -0.15) is 0 Å². The summed E-state index contributed by atoms with van der Waals surface area (Å²) < 4.78 is 5.27. The molecule has 1 aromatic rings. The fourth-order valence-electron chi connectivity index (χ4n) is 1.64. The number of hydrogen-bond acceptors (Lipinski definition) is 3. The largest absolute Gasteiger partial charge is 0.379 e. The molecule has 1 N–H and O–H groups in total. The lowest BCUT2D eigenvalue weighted by molar-refractivity contribution is 0.0106. The van der Waals surface area contributed by atoms with Crippen LogP contribution in [-0.2, 0) is 11.3 Å². The second kappa shape index (κ2) is 5.84. The van der Waals surface area contributed by atoms with E-state index in [1.807, 2.05) is 12.1 Å². The first-order valence-corrected chi connectivity index (χ1v) is 6.01. The van der Waals surface area contributed by atoms with Gasteiger partial charge in [-0.3, -0.25) is 5.43 Å². The van der Waals surface area contributed by atoms with Crippen molar-refractivity contribution >= 4 is 23.2 Å². The Hall–Kier alpha value is -0.320. The van der Waals surface area contributed by atoms with Gasteiger partial charge in [0.1, 0.15) is 0 Å². The Morgan fingerprint density at radius 1 is 1.12 bits per heavy atom. The maximum atomic E-state index is 5.93. The summed E-state index contributed by atoms with van der Waals surface area (Å²) in [5.74, 6) is 0. The number of benzene rings is 1.